The largest absolute Gasteiger partial charge is 0.369 e. The molecule has 1 aliphatic carbocycles. The maximum Gasteiger partial charge on any atom is 0.183 e. The molecule has 2 atom stereocenters. The average molecular weight is 336 g/mol. The van der Waals surface area contributed by atoms with Gasteiger partial charge in [0.2, 0.25) is 0 Å². The summed E-state index contributed by atoms with van der Waals surface area (Å²) in [5.41, 5.74) is 4.47. The van der Waals surface area contributed by atoms with Crippen LogP contribution in [0.5, 0.6) is 0 Å². The zero-order valence-electron chi connectivity index (χ0n) is 12.8. The smallest absolute Gasteiger partial charge is 0.183 e. The topological polar surface area (TPSA) is 67.1 Å². The highest BCUT2D eigenvalue weighted by Crippen LogP contribution is 2.48. The summed E-state index contributed by atoms with van der Waals surface area (Å²) in [5, 5.41) is 8.27. The van der Waals surface area contributed by atoms with Crippen LogP contribution in [0.3, 0.4) is 0 Å². The molecule has 0 aliphatic heterocycles. The molecule has 23 heavy (non-hydrogen) atoms. The van der Waals surface area contributed by atoms with Crippen molar-refractivity contribution in [2.45, 2.75) is 19.3 Å². The highest BCUT2D eigenvalue weighted by Gasteiger charge is 2.39. The Morgan fingerprint density at radius 2 is 2.13 bits per heavy atom. The van der Waals surface area contributed by atoms with E-state index in [-0.39, 0.29) is 5.82 Å². The Labute approximate surface area is 139 Å². The van der Waals surface area contributed by atoms with E-state index in [1.54, 1.807) is 6.20 Å². The maximum absolute atomic E-state index is 13.0. The lowest BCUT2D eigenvalue weighted by molar-refractivity contribution is 0.626. The number of nitrogen functional groups attached to an aromatic ring is 1. The third-order valence-electron chi connectivity index (χ3n) is 4.31. The summed E-state index contributed by atoms with van der Waals surface area (Å²) < 4.78 is 13.0. The molecule has 1 heterocycles. The van der Waals surface area contributed by atoms with E-state index in [0.29, 0.717) is 22.7 Å². The number of hydrogen-bond donors (Lipinski definition) is 2. The van der Waals surface area contributed by atoms with Gasteiger partial charge in [-0.2, -0.15) is 5.10 Å². The molecule has 0 saturated heterocycles. The second-order valence-electron chi connectivity index (χ2n) is 5.73. The van der Waals surface area contributed by atoms with E-state index in [1.165, 1.54) is 17.7 Å². The van der Waals surface area contributed by atoms with Crippen molar-refractivity contribution < 1.29 is 4.39 Å². The van der Waals surface area contributed by atoms with Gasteiger partial charge >= 0.3 is 0 Å². The van der Waals surface area contributed by atoms with Crippen LogP contribution in [0.1, 0.15) is 24.8 Å². The van der Waals surface area contributed by atoms with Gasteiger partial charge in [-0.15, -0.1) is 5.10 Å². The minimum absolute atomic E-state index is 0.197. The van der Waals surface area contributed by atoms with Crippen molar-refractivity contribution in [3.8, 4) is 0 Å². The molecule has 1 aromatic carbocycles. The number of halogens is 2. The summed E-state index contributed by atoms with van der Waals surface area (Å²) >= 11 is 6.33. The standard InChI is InChI=1S/C16H19ClFN5/c1-2-23(14-8-20-22-16(21-19)15(14)17)9-11-7-13(11)10-3-5-12(18)6-4-10/h3-6,8,11,13H,2,7,9,19H2,1H3,(H,21,22). The second-order valence-corrected chi connectivity index (χ2v) is 6.11. The molecular formula is C16H19ClFN5. The summed E-state index contributed by atoms with van der Waals surface area (Å²) in [6.07, 6.45) is 2.75. The number of rotatable bonds is 6. The van der Waals surface area contributed by atoms with Crippen molar-refractivity contribution in [1.29, 1.82) is 0 Å². The van der Waals surface area contributed by atoms with Crippen LogP contribution in [0.25, 0.3) is 0 Å². The normalized spacial score (nSPS) is 19.5. The minimum atomic E-state index is -0.197. The number of hydrogen-bond acceptors (Lipinski definition) is 5. The first-order valence-electron chi connectivity index (χ1n) is 7.62. The van der Waals surface area contributed by atoms with E-state index in [0.717, 1.165) is 25.2 Å². The molecule has 0 radical (unpaired) electrons. The number of nitrogens with zero attached hydrogens (tertiary/aromatic N) is 3. The van der Waals surface area contributed by atoms with Crippen LogP contribution < -0.4 is 16.2 Å². The predicted octanol–water partition coefficient (Wildman–Crippen LogP) is 3.18. The quantitative estimate of drug-likeness (QED) is 0.627. The molecule has 1 aliphatic rings. The van der Waals surface area contributed by atoms with Gasteiger partial charge in [0.05, 0.1) is 11.9 Å². The van der Waals surface area contributed by atoms with Gasteiger partial charge in [0.25, 0.3) is 0 Å². The molecule has 3 N–H and O–H groups in total. The van der Waals surface area contributed by atoms with Gasteiger partial charge in [0.1, 0.15) is 10.8 Å². The number of anilines is 2. The Morgan fingerprint density at radius 3 is 2.78 bits per heavy atom. The molecule has 122 valence electrons. The average Bonchev–Trinajstić information content (AvgIpc) is 3.33. The fourth-order valence-electron chi connectivity index (χ4n) is 2.92. The molecule has 0 bridgehead atoms. The third kappa shape index (κ3) is 3.38. The summed E-state index contributed by atoms with van der Waals surface area (Å²) in [6.45, 7) is 3.75. The van der Waals surface area contributed by atoms with Crippen LogP contribution in [0.4, 0.5) is 15.9 Å². The van der Waals surface area contributed by atoms with Gasteiger partial charge in [-0.1, -0.05) is 23.7 Å². The Balaban J connectivity index is 1.71. The summed E-state index contributed by atoms with van der Waals surface area (Å²) in [4.78, 5) is 2.17. The van der Waals surface area contributed by atoms with Crippen LogP contribution >= 0.6 is 11.6 Å². The van der Waals surface area contributed by atoms with Gasteiger partial charge in [-0.3, -0.25) is 0 Å². The number of hydrazine groups is 1. The van der Waals surface area contributed by atoms with Crippen LogP contribution in [-0.4, -0.2) is 23.3 Å². The van der Waals surface area contributed by atoms with Gasteiger partial charge in [0.15, 0.2) is 5.82 Å². The molecule has 0 spiro atoms. The molecular weight excluding hydrogens is 317 g/mol. The van der Waals surface area contributed by atoms with Gasteiger partial charge in [0, 0.05) is 13.1 Å². The Morgan fingerprint density at radius 1 is 1.39 bits per heavy atom. The first kappa shape index (κ1) is 16.0. The van der Waals surface area contributed by atoms with Gasteiger partial charge < -0.3 is 10.3 Å². The number of aromatic nitrogens is 2. The third-order valence-corrected chi connectivity index (χ3v) is 4.68. The van der Waals surface area contributed by atoms with Crippen molar-refractivity contribution in [1.82, 2.24) is 10.2 Å². The molecule has 5 nitrogen and oxygen atoms in total. The minimum Gasteiger partial charge on any atom is -0.369 e. The van der Waals surface area contributed by atoms with Crippen LogP contribution in [0.15, 0.2) is 30.5 Å². The SMILES string of the molecule is CCN(CC1CC1c1ccc(F)cc1)c1cnnc(NN)c1Cl. The molecule has 2 unspecified atom stereocenters. The number of benzene rings is 1. The first-order chi connectivity index (χ1) is 11.1. The van der Waals surface area contributed by atoms with Crippen molar-refractivity contribution in [3.05, 3.63) is 46.9 Å². The van der Waals surface area contributed by atoms with Crippen molar-refractivity contribution in [3.63, 3.8) is 0 Å². The Hall–Kier alpha value is -1.92. The van der Waals surface area contributed by atoms with E-state index >= 15 is 0 Å². The highest BCUT2D eigenvalue weighted by molar-refractivity contribution is 6.35. The zero-order chi connectivity index (χ0) is 16.4. The molecule has 3 rings (SSSR count). The van der Waals surface area contributed by atoms with E-state index < -0.39 is 0 Å². The van der Waals surface area contributed by atoms with Crippen LogP contribution in [0.2, 0.25) is 5.02 Å². The molecule has 1 saturated carbocycles. The molecule has 0 amide bonds. The predicted molar refractivity (Wildman–Crippen MR) is 90.0 cm³/mol. The summed E-state index contributed by atoms with van der Waals surface area (Å²) in [5.74, 6) is 6.58. The fraction of sp³-hybridized carbons (Fsp3) is 0.375. The van der Waals surface area contributed by atoms with Crippen molar-refractivity contribution in [2.24, 2.45) is 11.8 Å². The number of nitrogens with one attached hydrogen (secondary N) is 1. The van der Waals surface area contributed by atoms with E-state index in [9.17, 15) is 4.39 Å². The Bertz CT molecular complexity index is 679. The molecule has 7 heteroatoms. The summed E-state index contributed by atoms with van der Waals surface area (Å²) in [6, 6.07) is 6.78. The lowest BCUT2D eigenvalue weighted by atomic mass is 10.1. The maximum atomic E-state index is 13.0. The monoisotopic (exact) mass is 335 g/mol. The van der Waals surface area contributed by atoms with Crippen LogP contribution in [0, 0.1) is 11.7 Å². The number of nitrogens with two attached hydrogens (primary N) is 1. The molecule has 2 aromatic rings. The van der Waals surface area contributed by atoms with Gasteiger partial charge in [-0.05, 0) is 42.9 Å². The van der Waals surface area contributed by atoms with E-state index in [4.69, 9.17) is 17.4 Å². The second kappa shape index (κ2) is 6.68. The van der Waals surface area contributed by atoms with E-state index in [2.05, 4.69) is 27.4 Å². The van der Waals surface area contributed by atoms with Crippen molar-refractivity contribution in [2.75, 3.05) is 23.4 Å². The zero-order valence-corrected chi connectivity index (χ0v) is 13.6. The lowest BCUT2D eigenvalue weighted by Crippen LogP contribution is -2.26. The summed E-state index contributed by atoms with van der Waals surface area (Å²) in [7, 11) is 0. The first-order valence-corrected chi connectivity index (χ1v) is 8.00. The fourth-order valence-corrected chi connectivity index (χ4v) is 3.19. The van der Waals surface area contributed by atoms with Crippen molar-refractivity contribution >= 4 is 23.1 Å². The highest BCUT2D eigenvalue weighted by atomic mass is 35.5. The lowest BCUT2D eigenvalue weighted by Gasteiger charge is -2.24. The van der Waals surface area contributed by atoms with Gasteiger partial charge in [-0.25, -0.2) is 10.2 Å². The van der Waals surface area contributed by atoms with E-state index in [1.807, 2.05) is 12.1 Å². The molecule has 1 fully saturated rings. The molecule has 1 aromatic heterocycles. The van der Waals surface area contributed by atoms with Crippen LogP contribution in [-0.2, 0) is 0 Å². The Kier molecular flexibility index (Phi) is 4.63.